The molecule has 1 heterocycles. The van der Waals surface area contributed by atoms with Crippen LogP contribution in [0.3, 0.4) is 0 Å². The van der Waals surface area contributed by atoms with Gasteiger partial charge in [0.2, 0.25) is 5.91 Å². The quantitative estimate of drug-likeness (QED) is 0.822. The summed E-state index contributed by atoms with van der Waals surface area (Å²) in [5.74, 6) is 2.57. The topological polar surface area (TPSA) is 40.5 Å². The third-order valence-electron chi connectivity index (χ3n) is 8.42. The average molecular weight is 346 g/mol. The van der Waals surface area contributed by atoms with Crippen molar-refractivity contribution in [3.05, 3.63) is 0 Å². The van der Waals surface area contributed by atoms with Gasteiger partial charge in [-0.3, -0.25) is 4.79 Å². The summed E-state index contributed by atoms with van der Waals surface area (Å²) in [5, 5.41) is 11.2. The summed E-state index contributed by atoms with van der Waals surface area (Å²) in [5.41, 5.74) is -0.473. The highest BCUT2D eigenvalue weighted by atomic mass is 16.3. The highest BCUT2D eigenvalue weighted by molar-refractivity contribution is 5.82. The van der Waals surface area contributed by atoms with Crippen LogP contribution in [0.5, 0.6) is 0 Å². The largest absolute Gasteiger partial charge is 0.390 e. The number of amides is 1. The number of hydrogen-bond acceptors (Lipinski definition) is 2. The predicted molar refractivity (Wildman–Crippen MR) is 97.8 cm³/mol. The van der Waals surface area contributed by atoms with Crippen molar-refractivity contribution in [2.75, 3.05) is 0 Å². The Kier molecular flexibility index (Phi) is 3.20. The normalized spacial score (nSPS) is 51.6. The van der Waals surface area contributed by atoms with E-state index in [1.807, 2.05) is 0 Å². The van der Waals surface area contributed by atoms with E-state index < -0.39 is 5.60 Å². The van der Waals surface area contributed by atoms with Gasteiger partial charge >= 0.3 is 0 Å². The average Bonchev–Trinajstić information content (AvgIpc) is 3.04. The summed E-state index contributed by atoms with van der Waals surface area (Å²) in [4.78, 5) is 16.2. The summed E-state index contributed by atoms with van der Waals surface area (Å²) >= 11 is 0. The summed E-state index contributed by atoms with van der Waals surface area (Å²) in [6.07, 6.45) is 8.93. The Morgan fingerprint density at radius 2 is 1.72 bits per heavy atom. The molecule has 1 saturated heterocycles. The van der Waals surface area contributed by atoms with E-state index in [0.717, 1.165) is 25.2 Å². The van der Waals surface area contributed by atoms with Gasteiger partial charge in [0.05, 0.1) is 5.60 Å². The number of hydrogen-bond donors (Lipinski definition) is 1. The van der Waals surface area contributed by atoms with Gasteiger partial charge < -0.3 is 10.0 Å². The molecule has 0 aromatic rings. The Morgan fingerprint density at radius 3 is 2.20 bits per heavy atom. The summed E-state index contributed by atoms with van der Waals surface area (Å²) in [6, 6.07) is 0.947. The van der Waals surface area contributed by atoms with Gasteiger partial charge in [0.25, 0.3) is 0 Å². The molecular formula is C22H35NO2. The Balaban J connectivity index is 1.52. The van der Waals surface area contributed by atoms with E-state index in [9.17, 15) is 9.90 Å². The molecule has 6 atom stereocenters. The van der Waals surface area contributed by atoms with E-state index in [-0.39, 0.29) is 16.7 Å². The highest BCUT2D eigenvalue weighted by Gasteiger charge is 2.64. The molecule has 0 aromatic heterocycles. The van der Waals surface area contributed by atoms with Crippen LogP contribution in [-0.4, -0.2) is 33.6 Å². The van der Waals surface area contributed by atoms with E-state index in [4.69, 9.17) is 0 Å². The minimum absolute atomic E-state index is 0.0359. The lowest BCUT2D eigenvalue weighted by atomic mass is 9.42. The van der Waals surface area contributed by atoms with Crippen molar-refractivity contribution < 1.29 is 9.90 Å². The van der Waals surface area contributed by atoms with Crippen LogP contribution < -0.4 is 0 Å². The van der Waals surface area contributed by atoms with E-state index in [1.165, 1.54) is 32.1 Å². The molecule has 1 N–H and O–H groups in total. The molecule has 5 aliphatic carbocycles. The Morgan fingerprint density at radius 1 is 1.08 bits per heavy atom. The van der Waals surface area contributed by atoms with Gasteiger partial charge in [-0.2, -0.15) is 0 Å². The number of nitrogens with zero attached hydrogens (tertiary/aromatic N) is 1. The van der Waals surface area contributed by atoms with Crippen LogP contribution in [0.25, 0.3) is 0 Å². The van der Waals surface area contributed by atoms with Gasteiger partial charge in [-0.15, -0.1) is 0 Å². The number of carbonyl (C=O) groups is 1. The van der Waals surface area contributed by atoms with Gasteiger partial charge in [0.15, 0.2) is 0 Å². The second-order valence-electron chi connectivity index (χ2n) is 11.7. The smallest absolute Gasteiger partial charge is 0.227 e. The van der Waals surface area contributed by atoms with Crippen LogP contribution in [0.4, 0.5) is 0 Å². The standard InChI is InChI=1S/C22H35NO2/c1-13-5-16-7-17(16)23(13)19(24)18(20(2,3)4)21-8-14-6-15(9-21)11-22(25,10-14)12-21/h13-18,25H,5-12H2,1-4H3. The maximum atomic E-state index is 13.9. The molecule has 3 heteroatoms. The van der Waals surface area contributed by atoms with Crippen LogP contribution in [0.2, 0.25) is 0 Å². The lowest BCUT2D eigenvalue weighted by molar-refractivity contribution is -0.200. The lowest BCUT2D eigenvalue weighted by Gasteiger charge is -2.64. The molecule has 6 unspecified atom stereocenters. The van der Waals surface area contributed by atoms with Crippen molar-refractivity contribution in [2.24, 2.45) is 34.5 Å². The molecule has 4 bridgehead atoms. The van der Waals surface area contributed by atoms with Crippen LogP contribution in [0, 0.1) is 34.5 Å². The van der Waals surface area contributed by atoms with Crippen LogP contribution >= 0.6 is 0 Å². The highest BCUT2D eigenvalue weighted by Crippen LogP contribution is 2.67. The number of rotatable bonds is 2. The molecule has 140 valence electrons. The number of likely N-dealkylation sites (tertiary alicyclic amines) is 1. The fourth-order valence-corrected chi connectivity index (χ4v) is 8.41. The monoisotopic (exact) mass is 345 g/mol. The second-order valence-corrected chi connectivity index (χ2v) is 11.7. The molecule has 6 aliphatic rings. The van der Waals surface area contributed by atoms with Gasteiger partial charge in [-0.05, 0) is 86.9 Å². The van der Waals surface area contributed by atoms with Crippen molar-refractivity contribution in [2.45, 2.75) is 96.7 Å². The van der Waals surface area contributed by atoms with Gasteiger partial charge in [0.1, 0.15) is 0 Å². The molecule has 25 heavy (non-hydrogen) atoms. The minimum atomic E-state index is -0.480. The molecule has 5 saturated carbocycles. The van der Waals surface area contributed by atoms with Crippen LogP contribution in [-0.2, 0) is 4.79 Å². The fourth-order valence-electron chi connectivity index (χ4n) is 8.41. The number of carbonyl (C=O) groups excluding carboxylic acids is 1. The molecule has 3 nitrogen and oxygen atoms in total. The van der Waals surface area contributed by atoms with Gasteiger partial charge in [-0.25, -0.2) is 0 Å². The Labute approximate surface area is 152 Å². The fraction of sp³-hybridized carbons (Fsp3) is 0.955. The lowest BCUT2D eigenvalue weighted by Crippen LogP contribution is -2.62. The van der Waals surface area contributed by atoms with Crippen molar-refractivity contribution in [1.29, 1.82) is 0 Å². The van der Waals surface area contributed by atoms with Crippen molar-refractivity contribution in [3.8, 4) is 0 Å². The molecular weight excluding hydrogens is 310 g/mol. The van der Waals surface area contributed by atoms with Gasteiger partial charge in [-0.1, -0.05) is 20.8 Å². The number of piperidine rings is 1. The number of fused-ring (bicyclic) bond motifs is 1. The Hall–Kier alpha value is -0.570. The van der Waals surface area contributed by atoms with Crippen molar-refractivity contribution >= 4 is 5.91 Å². The van der Waals surface area contributed by atoms with Crippen molar-refractivity contribution in [1.82, 2.24) is 4.90 Å². The first-order valence-corrected chi connectivity index (χ1v) is 10.6. The Bertz CT molecular complexity index is 590. The molecule has 0 radical (unpaired) electrons. The van der Waals surface area contributed by atoms with E-state index >= 15 is 0 Å². The zero-order valence-corrected chi connectivity index (χ0v) is 16.4. The maximum Gasteiger partial charge on any atom is 0.227 e. The molecule has 1 aliphatic heterocycles. The maximum absolute atomic E-state index is 13.9. The van der Waals surface area contributed by atoms with E-state index in [1.54, 1.807) is 0 Å². The van der Waals surface area contributed by atoms with E-state index in [2.05, 4.69) is 32.6 Å². The first kappa shape index (κ1) is 16.6. The second kappa shape index (κ2) is 4.82. The van der Waals surface area contributed by atoms with Crippen molar-refractivity contribution in [3.63, 3.8) is 0 Å². The first-order chi connectivity index (χ1) is 11.6. The summed E-state index contributed by atoms with van der Waals surface area (Å²) in [6.45, 7) is 9.05. The molecule has 6 rings (SSSR count). The zero-order valence-electron chi connectivity index (χ0n) is 16.4. The van der Waals surface area contributed by atoms with Crippen LogP contribution in [0.15, 0.2) is 0 Å². The third-order valence-corrected chi connectivity index (χ3v) is 8.42. The predicted octanol–water partition coefficient (Wildman–Crippen LogP) is 3.99. The molecule has 0 aromatic carbocycles. The third kappa shape index (κ3) is 2.37. The SMILES string of the molecule is CC1CC2CC2N1C(=O)C(C(C)(C)C)C12CC3CC(CC(O)(C3)C1)C2. The molecule has 1 amide bonds. The molecule has 0 spiro atoms. The van der Waals surface area contributed by atoms with Gasteiger partial charge in [0, 0.05) is 18.0 Å². The summed E-state index contributed by atoms with van der Waals surface area (Å²) in [7, 11) is 0. The summed E-state index contributed by atoms with van der Waals surface area (Å²) < 4.78 is 0. The molecule has 6 fully saturated rings. The zero-order chi connectivity index (χ0) is 17.8. The van der Waals surface area contributed by atoms with E-state index in [0.29, 0.717) is 29.8 Å². The van der Waals surface area contributed by atoms with Crippen LogP contribution in [0.1, 0.15) is 79.1 Å². The number of aliphatic hydroxyl groups is 1. The minimum Gasteiger partial charge on any atom is -0.390 e. The first-order valence-electron chi connectivity index (χ1n) is 10.6.